The Labute approximate surface area is 140 Å². The van der Waals surface area contributed by atoms with Gasteiger partial charge in [-0.1, -0.05) is 18.2 Å². The lowest BCUT2D eigenvalue weighted by Crippen LogP contribution is -2.27. The molecular formula is C18H18N4O2. The number of rotatable bonds is 5. The average Bonchev–Trinajstić information content (AvgIpc) is 3.10. The summed E-state index contributed by atoms with van der Waals surface area (Å²) in [4.78, 5) is 11.9. The van der Waals surface area contributed by atoms with Crippen LogP contribution in [0.1, 0.15) is 5.56 Å². The van der Waals surface area contributed by atoms with E-state index in [1.807, 2.05) is 36.5 Å². The number of carbonyl (C=O) groups excluding carboxylic acids is 1. The third kappa shape index (κ3) is 3.92. The molecule has 0 atom stereocenters. The van der Waals surface area contributed by atoms with Gasteiger partial charge >= 0.3 is 6.03 Å². The number of hydrogen-bond acceptors (Lipinski definition) is 3. The molecule has 1 heterocycles. The van der Waals surface area contributed by atoms with Crippen LogP contribution in [0, 0.1) is 0 Å². The number of para-hydroxylation sites is 1. The van der Waals surface area contributed by atoms with Crippen molar-refractivity contribution in [2.45, 2.75) is 6.54 Å². The van der Waals surface area contributed by atoms with E-state index in [-0.39, 0.29) is 6.03 Å². The first-order chi connectivity index (χ1) is 11.7. The molecule has 0 fully saturated rings. The van der Waals surface area contributed by atoms with Gasteiger partial charge < -0.3 is 15.4 Å². The molecule has 6 heteroatoms. The van der Waals surface area contributed by atoms with Crippen molar-refractivity contribution in [2.24, 2.45) is 0 Å². The zero-order valence-electron chi connectivity index (χ0n) is 13.3. The Morgan fingerprint density at radius 2 is 1.88 bits per heavy atom. The summed E-state index contributed by atoms with van der Waals surface area (Å²) in [6, 6.07) is 16.7. The van der Waals surface area contributed by atoms with Crippen LogP contribution in [0.3, 0.4) is 0 Å². The Balaban J connectivity index is 1.53. The smallest absolute Gasteiger partial charge is 0.319 e. The van der Waals surface area contributed by atoms with Gasteiger partial charge in [-0.2, -0.15) is 5.10 Å². The number of aromatic nitrogens is 2. The van der Waals surface area contributed by atoms with Crippen LogP contribution in [0.2, 0.25) is 0 Å². The number of hydrogen-bond donors (Lipinski definition) is 2. The molecule has 0 aliphatic rings. The highest BCUT2D eigenvalue weighted by Crippen LogP contribution is 2.14. The molecule has 1 aromatic heterocycles. The molecular weight excluding hydrogens is 304 g/mol. The molecule has 0 aliphatic carbocycles. The minimum absolute atomic E-state index is 0.271. The fraction of sp³-hybridized carbons (Fsp3) is 0.111. The number of anilines is 1. The Hall–Kier alpha value is -3.28. The normalized spacial score (nSPS) is 10.2. The van der Waals surface area contributed by atoms with E-state index in [0.29, 0.717) is 12.2 Å². The fourth-order valence-electron chi connectivity index (χ4n) is 2.21. The molecule has 3 aromatic rings. The van der Waals surface area contributed by atoms with E-state index < -0.39 is 0 Å². The van der Waals surface area contributed by atoms with Crippen molar-refractivity contribution in [3.63, 3.8) is 0 Å². The Kier molecular flexibility index (Phi) is 4.76. The van der Waals surface area contributed by atoms with Gasteiger partial charge in [0, 0.05) is 24.0 Å². The molecule has 0 aliphatic heterocycles. The quantitative estimate of drug-likeness (QED) is 0.758. The molecule has 3 rings (SSSR count). The van der Waals surface area contributed by atoms with Gasteiger partial charge in [0.1, 0.15) is 5.75 Å². The first kappa shape index (κ1) is 15.6. The van der Waals surface area contributed by atoms with Crippen LogP contribution >= 0.6 is 0 Å². The molecule has 0 saturated heterocycles. The Morgan fingerprint density at radius 3 is 2.58 bits per heavy atom. The van der Waals surface area contributed by atoms with Gasteiger partial charge in [0.2, 0.25) is 0 Å². The number of ether oxygens (including phenoxy) is 1. The summed E-state index contributed by atoms with van der Waals surface area (Å²) in [6.07, 6.45) is 3.63. The maximum atomic E-state index is 11.9. The van der Waals surface area contributed by atoms with Crippen LogP contribution in [0.15, 0.2) is 67.0 Å². The van der Waals surface area contributed by atoms with E-state index in [2.05, 4.69) is 15.7 Å². The first-order valence-electron chi connectivity index (χ1n) is 7.52. The highest BCUT2D eigenvalue weighted by atomic mass is 16.5. The van der Waals surface area contributed by atoms with Crippen LogP contribution in [-0.2, 0) is 6.54 Å². The van der Waals surface area contributed by atoms with Crippen LogP contribution in [0.4, 0.5) is 10.5 Å². The van der Waals surface area contributed by atoms with E-state index in [9.17, 15) is 4.79 Å². The third-order valence-corrected chi connectivity index (χ3v) is 3.46. The van der Waals surface area contributed by atoms with Gasteiger partial charge in [-0.25, -0.2) is 9.48 Å². The molecule has 122 valence electrons. The number of nitrogens with one attached hydrogen (secondary N) is 2. The predicted molar refractivity (Wildman–Crippen MR) is 92.4 cm³/mol. The number of methoxy groups -OCH3 is 1. The van der Waals surface area contributed by atoms with Crippen molar-refractivity contribution >= 4 is 11.7 Å². The molecule has 2 aromatic carbocycles. The number of nitrogens with zero attached hydrogens (tertiary/aromatic N) is 2. The van der Waals surface area contributed by atoms with E-state index >= 15 is 0 Å². The summed E-state index contributed by atoms with van der Waals surface area (Å²) in [5.74, 6) is 0.745. The SMILES string of the molecule is COc1ccc(NC(=O)NCc2cnn(-c3ccccc3)c2)cc1. The van der Waals surface area contributed by atoms with Crippen molar-refractivity contribution in [1.29, 1.82) is 0 Å². The molecule has 24 heavy (non-hydrogen) atoms. The highest BCUT2D eigenvalue weighted by Gasteiger charge is 2.04. The number of urea groups is 1. The van der Waals surface area contributed by atoms with Crippen molar-refractivity contribution in [2.75, 3.05) is 12.4 Å². The van der Waals surface area contributed by atoms with Crippen LogP contribution in [0.25, 0.3) is 5.69 Å². The van der Waals surface area contributed by atoms with Gasteiger partial charge in [0.05, 0.1) is 19.0 Å². The minimum Gasteiger partial charge on any atom is -0.497 e. The lowest BCUT2D eigenvalue weighted by Gasteiger charge is -2.07. The second-order valence-corrected chi connectivity index (χ2v) is 5.16. The van der Waals surface area contributed by atoms with Crippen molar-refractivity contribution in [3.8, 4) is 11.4 Å². The number of benzene rings is 2. The summed E-state index contributed by atoms with van der Waals surface area (Å²) in [6.45, 7) is 0.398. The third-order valence-electron chi connectivity index (χ3n) is 3.46. The number of carbonyl (C=O) groups is 1. The van der Waals surface area contributed by atoms with Crippen LogP contribution in [0.5, 0.6) is 5.75 Å². The average molecular weight is 322 g/mol. The Bertz CT molecular complexity index is 797. The van der Waals surface area contributed by atoms with Gasteiger partial charge in [-0.15, -0.1) is 0 Å². The topological polar surface area (TPSA) is 68.2 Å². The standard InChI is InChI=1S/C18H18N4O2/c1-24-17-9-7-15(8-10-17)21-18(23)19-11-14-12-20-22(13-14)16-5-3-2-4-6-16/h2-10,12-13H,11H2,1H3,(H2,19,21,23). The van der Waals surface area contributed by atoms with E-state index in [0.717, 1.165) is 17.0 Å². The monoisotopic (exact) mass is 322 g/mol. The lowest BCUT2D eigenvalue weighted by molar-refractivity contribution is 0.251. The molecule has 0 saturated carbocycles. The van der Waals surface area contributed by atoms with E-state index in [1.165, 1.54) is 0 Å². The highest BCUT2D eigenvalue weighted by molar-refractivity contribution is 5.89. The van der Waals surface area contributed by atoms with Crippen molar-refractivity contribution in [3.05, 3.63) is 72.6 Å². The fourth-order valence-corrected chi connectivity index (χ4v) is 2.21. The summed E-state index contributed by atoms with van der Waals surface area (Å²) in [5, 5.41) is 9.87. The van der Waals surface area contributed by atoms with Gasteiger partial charge in [0.25, 0.3) is 0 Å². The van der Waals surface area contributed by atoms with Crippen molar-refractivity contribution < 1.29 is 9.53 Å². The van der Waals surface area contributed by atoms with E-state index in [4.69, 9.17) is 4.74 Å². The second kappa shape index (κ2) is 7.32. The maximum absolute atomic E-state index is 11.9. The first-order valence-corrected chi connectivity index (χ1v) is 7.52. The van der Waals surface area contributed by atoms with Crippen LogP contribution < -0.4 is 15.4 Å². The second-order valence-electron chi connectivity index (χ2n) is 5.16. The predicted octanol–water partition coefficient (Wildman–Crippen LogP) is 3.20. The zero-order chi connectivity index (χ0) is 16.8. The minimum atomic E-state index is -0.271. The van der Waals surface area contributed by atoms with E-state index in [1.54, 1.807) is 42.3 Å². The largest absolute Gasteiger partial charge is 0.497 e. The summed E-state index contributed by atoms with van der Waals surface area (Å²) < 4.78 is 6.86. The molecule has 0 spiro atoms. The maximum Gasteiger partial charge on any atom is 0.319 e. The van der Waals surface area contributed by atoms with Crippen LogP contribution in [-0.4, -0.2) is 22.9 Å². The van der Waals surface area contributed by atoms with Gasteiger partial charge in [-0.05, 0) is 36.4 Å². The molecule has 2 amide bonds. The molecule has 6 nitrogen and oxygen atoms in total. The summed E-state index contributed by atoms with van der Waals surface area (Å²) >= 11 is 0. The lowest BCUT2D eigenvalue weighted by atomic mass is 10.3. The van der Waals surface area contributed by atoms with Gasteiger partial charge in [0.15, 0.2) is 0 Å². The molecule has 0 radical (unpaired) electrons. The molecule has 2 N–H and O–H groups in total. The zero-order valence-corrected chi connectivity index (χ0v) is 13.3. The molecule has 0 unspecified atom stereocenters. The summed E-state index contributed by atoms with van der Waals surface area (Å²) in [5.41, 5.74) is 2.60. The van der Waals surface area contributed by atoms with Gasteiger partial charge in [-0.3, -0.25) is 0 Å². The number of amides is 2. The molecule has 0 bridgehead atoms. The Morgan fingerprint density at radius 1 is 1.12 bits per heavy atom. The van der Waals surface area contributed by atoms with Crippen molar-refractivity contribution in [1.82, 2.24) is 15.1 Å². The summed E-state index contributed by atoms with van der Waals surface area (Å²) in [7, 11) is 1.60.